The number of pyridine rings is 1. The van der Waals surface area contributed by atoms with Gasteiger partial charge in [-0.25, -0.2) is 4.98 Å². The first-order valence-corrected chi connectivity index (χ1v) is 4.70. The summed E-state index contributed by atoms with van der Waals surface area (Å²) in [6, 6.07) is 10.1. The lowest BCUT2D eigenvalue weighted by Gasteiger charge is -2.06. The molecule has 0 unspecified atom stereocenters. The molecule has 0 radical (unpaired) electrons. The van der Waals surface area contributed by atoms with Crippen LogP contribution in [0.4, 0.5) is 11.5 Å². The number of rotatable bonds is 3. The number of aromatic nitrogens is 1. The van der Waals surface area contributed by atoms with Crippen molar-refractivity contribution in [2.24, 2.45) is 0 Å². The molecule has 1 heterocycles. The summed E-state index contributed by atoms with van der Waals surface area (Å²) in [4.78, 5) is 3.91. The SMILES string of the molecule is [2H]C([2H])([2H])Nc1cc(Oc2ccc(N)cc2)ccn1. The Morgan fingerprint density at radius 3 is 2.81 bits per heavy atom. The number of nitrogens with two attached hydrogens (primary N) is 1. The highest BCUT2D eigenvalue weighted by atomic mass is 16.5. The van der Waals surface area contributed by atoms with Gasteiger partial charge in [0, 0.05) is 29.0 Å². The van der Waals surface area contributed by atoms with Gasteiger partial charge >= 0.3 is 0 Å². The molecule has 0 aliphatic carbocycles. The lowest BCUT2D eigenvalue weighted by Crippen LogP contribution is -1.92. The zero-order chi connectivity index (χ0) is 13.9. The normalized spacial score (nSPS) is 13.4. The minimum Gasteiger partial charge on any atom is -0.457 e. The lowest BCUT2D eigenvalue weighted by atomic mass is 10.3. The molecule has 0 aliphatic rings. The number of benzene rings is 1. The first-order valence-electron chi connectivity index (χ1n) is 6.20. The third-order valence-corrected chi connectivity index (χ3v) is 1.98. The first kappa shape index (κ1) is 7.11. The van der Waals surface area contributed by atoms with Crippen molar-refractivity contribution in [3.63, 3.8) is 0 Å². The van der Waals surface area contributed by atoms with Gasteiger partial charge in [-0.1, -0.05) is 0 Å². The predicted octanol–water partition coefficient (Wildman–Crippen LogP) is 2.50. The Balaban J connectivity index is 2.13. The van der Waals surface area contributed by atoms with Gasteiger partial charge in [0.2, 0.25) is 0 Å². The van der Waals surface area contributed by atoms with Gasteiger partial charge < -0.3 is 15.8 Å². The number of anilines is 2. The summed E-state index contributed by atoms with van der Waals surface area (Å²) in [5.41, 5.74) is 6.22. The highest BCUT2D eigenvalue weighted by Crippen LogP contribution is 2.23. The van der Waals surface area contributed by atoms with Crippen LogP contribution in [0.5, 0.6) is 11.5 Å². The Morgan fingerprint density at radius 2 is 2.06 bits per heavy atom. The van der Waals surface area contributed by atoms with E-state index in [2.05, 4.69) is 10.3 Å². The van der Waals surface area contributed by atoms with Gasteiger partial charge in [0.25, 0.3) is 0 Å². The Kier molecular flexibility index (Phi) is 2.01. The third-order valence-electron chi connectivity index (χ3n) is 1.98. The van der Waals surface area contributed by atoms with E-state index < -0.39 is 6.98 Å². The van der Waals surface area contributed by atoms with Crippen LogP contribution in [0.3, 0.4) is 0 Å². The van der Waals surface area contributed by atoms with Crippen molar-refractivity contribution >= 4 is 11.5 Å². The van der Waals surface area contributed by atoms with E-state index in [-0.39, 0.29) is 5.82 Å². The second-order valence-corrected chi connectivity index (χ2v) is 3.17. The van der Waals surface area contributed by atoms with Gasteiger partial charge in [0.15, 0.2) is 0 Å². The Labute approximate surface area is 98.3 Å². The molecule has 4 nitrogen and oxygen atoms in total. The van der Waals surface area contributed by atoms with Gasteiger partial charge in [-0.2, -0.15) is 0 Å². The molecular weight excluding hydrogens is 202 g/mol. The monoisotopic (exact) mass is 218 g/mol. The summed E-state index contributed by atoms with van der Waals surface area (Å²) in [6.45, 7) is -2.28. The molecule has 2 aromatic rings. The van der Waals surface area contributed by atoms with E-state index in [1.54, 1.807) is 30.3 Å². The van der Waals surface area contributed by atoms with Crippen molar-refractivity contribution in [2.45, 2.75) is 0 Å². The Bertz CT molecular complexity index is 555. The van der Waals surface area contributed by atoms with Gasteiger partial charge in [-0.3, -0.25) is 0 Å². The molecule has 16 heavy (non-hydrogen) atoms. The molecular formula is C12H13N3O. The number of hydrogen-bond acceptors (Lipinski definition) is 4. The van der Waals surface area contributed by atoms with E-state index in [0.29, 0.717) is 17.2 Å². The van der Waals surface area contributed by atoms with Crippen LogP contribution in [0.25, 0.3) is 0 Å². The highest BCUT2D eigenvalue weighted by Gasteiger charge is 1.98. The summed E-state index contributed by atoms with van der Waals surface area (Å²) in [7, 11) is 0. The predicted molar refractivity (Wildman–Crippen MR) is 64.7 cm³/mol. The topological polar surface area (TPSA) is 60.2 Å². The lowest BCUT2D eigenvalue weighted by molar-refractivity contribution is 0.482. The first-order chi connectivity index (χ1) is 8.92. The Morgan fingerprint density at radius 1 is 1.25 bits per heavy atom. The standard InChI is InChI=1S/C12H13N3O/c1-14-12-8-11(6-7-15-12)16-10-4-2-9(13)3-5-10/h2-8H,13H2,1H3,(H,14,15)/i1D3. The smallest absolute Gasteiger partial charge is 0.132 e. The van der Waals surface area contributed by atoms with Crippen molar-refractivity contribution in [1.82, 2.24) is 4.98 Å². The number of ether oxygens (including phenoxy) is 1. The van der Waals surface area contributed by atoms with Gasteiger partial charge in [-0.05, 0) is 30.3 Å². The second kappa shape index (κ2) is 4.53. The van der Waals surface area contributed by atoms with E-state index in [1.165, 1.54) is 12.3 Å². The van der Waals surface area contributed by atoms with E-state index >= 15 is 0 Å². The van der Waals surface area contributed by atoms with Crippen molar-refractivity contribution in [3.05, 3.63) is 42.6 Å². The van der Waals surface area contributed by atoms with Crippen LogP contribution in [0, 0.1) is 0 Å². The molecule has 0 amide bonds. The zero-order valence-corrected chi connectivity index (χ0v) is 8.47. The summed E-state index contributed by atoms with van der Waals surface area (Å²) >= 11 is 0. The molecule has 3 N–H and O–H groups in total. The van der Waals surface area contributed by atoms with Gasteiger partial charge in [0.05, 0.1) is 0 Å². The molecule has 0 bridgehead atoms. The van der Waals surface area contributed by atoms with Gasteiger partial charge in [0.1, 0.15) is 17.3 Å². The fourth-order valence-electron chi connectivity index (χ4n) is 1.21. The van der Waals surface area contributed by atoms with Crippen LogP contribution in [-0.4, -0.2) is 12.0 Å². The molecule has 0 spiro atoms. The second-order valence-electron chi connectivity index (χ2n) is 3.17. The minimum absolute atomic E-state index is 0.230. The molecule has 0 aliphatic heterocycles. The summed E-state index contributed by atoms with van der Waals surface area (Å²) in [5, 5.41) is 2.31. The third kappa shape index (κ3) is 2.42. The van der Waals surface area contributed by atoms with Crippen LogP contribution in [-0.2, 0) is 0 Å². The van der Waals surface area contributed by atoms with Crippen LogP contribution < -0.4 is 15.8 Å². The largest absolute Gasteiger partial charge is 0.457 e. The van der Waals surface area contributed by atoms with E-state index in [0.717, 1.165) is 0 Å². The summed E-state index contributed by atoms with van der Waals surface area (Å²) < 4.78 is 26.9. The summed E-state index contributed by atoms with van der Waals surface area (Å²) in [5.74, 6) is 1.33. The average molecular weight is 218 g/mol. The molecule has 0 fully saturated rings. The fraction of sp³-hybridized carbons (Fsp3) is 0.0833. The number of nitrogens with one attached hydrogen (secondary N) is 1. The van der Waals surface area contributed by atoms with Gasteiger partial charge in [-0.15, -0.1) is 0 Å². The van der Waals surface area contributed by atoms with Crippen molar-refractivity contribution in [2.75, 3.05) is 18.0 Å². The maximum Gasteiger partial charge on any atom is 0.132 e. The highest BCUT2D eigenvalue weighted by molar-refractivity contribution is 5.45. The minimum atomic E-state index is -2.28. The van der Waals surface area contributed by atoms with E-state index in [1.807, 2.05) is 0 Å². The van der Waals surface area contributed by atoms with E-state index in [9.17, 15) is 0 Å². The van der Waals surface area contributed by atoms with E-state index in [4.69, 9.17) is 14.6 Å². The quantitative estimate of drug-likeness (QED) is 0.777. The molecule has 0 saturated carbocycles. The van der Waals surface area contributed by atoms with Crippen molar-refractivity contribution in [1.29, 1.82) is 0 Å². The molecule has 1 aromatic heterocycles. The van der Waals surface area contributed by atoms with Crippen LogP contribution in [0.1, 0.15) is 4.11 Å². The number of nitrogen functional groups attached to an aromatic ring is 1. The molecule has 0 saturated heterocycles. The maximum atomic E-state index is 7.11. The molecule has 2 rings (SSSR count). The fourth-order valence-corrected chi connectivity index (χ4v) is 1.21. The number of hydrogen-bond donors (Lipinski definition) is 2. The molecule has 4 heteroatoms. The van der Waals surface area contributed by atoms with Crippen LogP contribution in [0.15, 0.2) is 42.6 Å². The zero-order valence-electron chi connectivity index (χ0n) is 11.5. The van der Waals surface area contributed by atoms with Crippen molar-refractivity contribution < 1.29 is 8.85 Å². The summed E-state index contributed by atoms with van der Waals surface area (Å²) in [6.07, 6.45) is 1.47. The van der Waals surface area contributed by atoms with Crippen LogP contribution in [0.2, 0.25) is 0 Å². The van der Waals surface area contributed by atoms with Crippen molar-refractivity contribution in [3.8, 4) is 11.5 Å². The maximum absolute atomic E-state index is 7.11. The average Bonchev–Trinajstić information content (AvgIpc) is 2.30. The molecule has 0 atom stereocenters. The number of nitrogens with zero attached hydrogens (tertiary/aromatic N) is 1. The van der Waals surface area contributed by atoms with Crippen LogP contribution >= 0.6 is 0 Å². The molecule has 1 aromatic carbocycles. The Hall–Kier alpha value is -2.23. The molecule has 82 valence electrons.